The van der Waals surface area contributed by atoms with Crippen molar-refractivity contribution < 1.29 is 4.73 Å². The lowest BCUT2D eigenvalue weighted by Crippen LogP contribution is -2.29. The minimum Gasteiger partial charge on any atom is -0.618 e. The standard InChI is InChI=1S/C10H10ClN3O/c1-7-8(11)3-6-14(15)10(7)9-4-5-13(2)12-9/h3-6H,1-2H3. The molecule has 0 saturated heterocycles. The first-order valence-corrected chi connectivity index (χ1v) is 4.85. The zero-order chi connectivity index (χ0) is 11.0. The van der Waals surface area contributed by atoms with E-state index in [0.29, 0.717) is 16.4 Å². The molecule has 78 valence electrons. The molecule has 0 amide bonds. The van der Waals surface area contributed by atoms with E-state index >= 15 is 0 Å². The maximum Gasteiger partial charge on any atom is 0.248 e. The average molecular weight is 224 g/mol. The van der Waals surface area contributed by atoms with Gasteiger partial charge in [0.05, 0.1) is 5.02 Å². The summed E-state index contributed by atoms with van der Waals surface area (Å²) in [6.45, 7) is 1.81. The lowest BCUT2D eigenvalue weighted by atomic mass is 10.1. The summed E-state index contributed by atoms with van der Waals surface area (Å²) in [7, 11) is 1.80. The molecule has 0 atom stereocenters. The van der Waals surface area contributed by atoms with Gasteiger partial charge in [-0.1, -0.05) is 11.6 Å². The maximum absolute atomic E-state index is 11.6. The van der Waals surface area contributed by atoms with Crippen LogP contribution in [-0.2, 0) is 7.05 Å². The third kappa shape index (κ3) is 1.68. The predicted octanol–water partition coefficient (Wildman–Crippen LogP) is 1.68. The Morgan fingerprint density at radius 1 is 1.47 bits per heavy atom. The SMILES string of the molecule is Cc1c(Cl)cc[n+]([O-])c1-c1ccn(C)n1. The lowest BCUT2D eigenvalue weighted by molar-refractivity contribution is -0.594. The molecule has 2 rings (SSSR count). The average Bonchev–Trinajstić information content (AvgIpc) is 2.59. The minimum atomic E-state index is 0.503. The van der Waals surface area contributed by atoms with Crippen LogP contribution < -0.4 is 4.73 Å². The Balaban J connectivity index is 2.66. The van der Waals surface area contributed by atoms with Gasteiger partial charge in [-0.3, -0.25) is 4.68 Å². The molecule has 0 aliphatic heterocycles. The van der Waals surface area contributed by atoms with Crippen molar-refractivity contribution in [3.05, 3.63) is 40.3 Å². The van der Waals surface area contributed by atoms with E-state index in [9.17, 15) is 5.21 Å². The fraction of sp³-hybridized carbons (Fsp3) is 0.200. The molecule has 15 heavy (non-hydrogen) atoms. The van der Waals surface area contributed by atoms with E-state index in [1.54, 1.807) is 37.0 Å². The highest BCUT2D eigenvalue weighted by Gasteiger charge is 2.17. The number of hydrogen-bond acceptors (Lipinski definition) is 2. The summed E-state index contributed by atoms with van der Waals surface area (Å²) in [4.78, 5) is 0. The number of aromatic nitrogens is 3. The normalized spacial score (nSPS) is 10.6. The summed E-state index contributed by atoms with van der Waals surface area (Å²) in [6.07, 6.45) is 3.18. The zero-order valence-electron chi connectivity index (χ0n) is 8.44. The Hall–Kier alpha value is -1.55. The molecule has 0 aromatic carbocycles. The van der Waals surface area contributed by atoms with E-state index in [4.69, 9.17) is 11.6 Å². The molecule has 4 nitrogen and oxygen atoms in total. The van der Waals surface area contributed by atoms with Crippen LogP contribution in [0.25, 0.3) is 11.4 Å². The van der Waals surface area contributed by atoms with Crippen LogP contribution in [0.5, 0.6) is 0 Å². The molecule has 0 aliphatic rings. The molecule has 0 N–H and O–H groups in total. The third-order valence-electron chi connectivity index (χ3n) is 2.25. The number of aryl methyl sites for hydroxylation is 1. The molecule has 0 bridgehead atoms. The zero-order valence-corrected chi connectivity index (χ0v) is 9.19. The van der Waals surface area contributed by atoms with Gasteiger partial charge >= 0.3 is 0 Å². The van der Waals surface area contributed by atoms with E-state index in [1.807, 2.05) is 0 Å². The number of rotatable bonds is 1. The van der Waals surface area contributed by atoms with Crippen LogP contribution in [-0.4, -0.2) is 9.78 Å². The van der Waals surface area contributed by atoms with Crippen LogP contribution in [0.15, 0.2) is 24.5 Å². The van der Waals surface area contributed by atoms with Crippen LogP contribution in [0.1, 0.15) is 5.56 Å². The maximum atomic E-state index is 11.6. The Bertz CT molecular complexity index is 507. The van der Waals surface area contributed by atoms with Crippen molar-refractivity contribution in [1.82, 2.24) is 9.78 Å². The summed E-state index contributed by atoms with van der Waals surface area (Å²) in [6, 6.07) is 3.36. The summed E-state index contributed by atoms with van der Waals surface area (Å²) in [5, 5.41) is 16.4. The van der Waals surface area contributed by atoms with Crippen molar-refractivity contribution in [3.8, 4) is 11.4 Å². The van der Waals surface area contributed by atoms with E-state index < -0.39 is 0 Å². The first-order valence-electron chi connectivity index (χ1n) is 4.48. The van der Waals surface area contributed by atoms with Gasteiger partial charge in [0.15, 0.2) is 11.9 Å². The number of pyridine rings is 1. The lowest BCUT2D eigenvalue weighted by Gasteiger charge is -2.05. The van der Waals surface area contributed by atoms with E-state index in [-0.39, 0.29) is 0 Å². The van der Waals surface area contributed by atoms with Crippen molar-refractivity contribution in [1.29, 1.82) is 0 Å². The van der Waals surface area contributed by atoms with Gasteiger partial charge in [0, 0.05) is 24.9 Å². The van der Waals surface area contributed by atoms with Gasteiger partial charge in [-0.25, -0.2) is 0 Å². The molecule has 2 aromatic heterocycles. The Morgan fingerprint density at radius 3 is 2.80 bits per heavy atom. The van der Waals surface area contributed by atoms with Crippen molar-refractivity contribution in [2.24, 2.45) is 7.05 Å². The van der Waals surface area contributed by atoms with Gasteiger partial charge in [0.2, 0.25) is 5.69 Å². The number of hydrogen-bond donors (Lipinski definition) is 0. The molecule has 2 heterocycles. The summed E-state index contributed by atoms with van der Waals surface area (Å²) >= 11 is 5.96. The molecular weight excluding hydrogens is 214 g/mol. The van der Waals surface area contributed by atoms with E-state index in [1.165, 1.54) is 6.20 Å². The number of halogens is 1. The summed E-state index contributed by atoms with van der Waals surface area (Å²) < 4.78 is 2.43. The van der Waals surface area contributed by atoms with Crippen molar-refractivity contribution in [2.75, 3.05) is 0 Å². The first-order chi connectivity index (χ1) is 7.09. The second-order valence-electron chi connectivity index (χ2n) is 3.34. The predicted molar refractivity (Wildman–Crippen MR) is 57.4 cm³/mol. The molecule has 0 saturated carbocycles. The molecule has 0 unspecified atom stereocenters. The van der Waals surface area contributed by atoms with Crippen molar-refractivity contribution in [2.45, 2.75) is 6.92 Å². The van der Waals surface area contributed by atoms with Crippen molar-refractivity contribution in [3.63, 3.8) is 0 Å². The Labute approximate surface area is 92.3 Å². The third-order valence-corrected chi connectivity index (χ3v) is 2.66. The summed E-state index contributed by atoms with van der Waals surface area (Å²) in [5.74, 6) is 0. The molecule has 0 spiro atoms. The van der Waals surface area contributed by atoms with Crippen molar-refractivity contribution >= 4 is 11.6 Å². The van der Waals surface area contributed by atoms with Crippen LogP contribution in [0, 0.1) is 12.1 Å². The molecule has 5 heteroatoms. The topological polar surface area (TPSA) is 44.8 Å². The van der Waals surface area contributed by atoms with Crippen LogP contribution in [0.2, 0.25) is 5.02 Å². The largest absolute Gasteiger partial charge is 0.618 e. The quantitative estimate of drug-likeness (QED) is 0.546. The van der Waals surface area contributed by atoms with Crippen LogP contribution in [0.3, 0.4) is 0 Å². The first kappa shape index (κ1) is 9.98. The Morgan fingerprint density at radius 2 is 2.20 bits per heavy atom. The number of nitrogens with zero attached hydrogens (tertiary/aromatic N) is 3. The van der Waals surface area contributed by atoms with E-state index in [0.717, 1.165) is 10.3 Å². The van der Waals surface area contributed by atoms with Gasteiger partial charge in [0.1, 0.15) is 0 Å². The highest BCUT2D eigenvalue weighted by atomic mass is 35.5. The highest BCUT2D eigenvalue weighted by molar-refractivity contribution is 6.31. The molecule has 0 fully saturated rings. The smallest absolute Gasteiger partial charge is 0.248 e. The highest BCUT2D eigenvalue weighted by Crippen LogP contribution is 2.23. The second kappa shape index (κ2) is 3.55. The second-order valence-corrected chi connectivity index (χ2v) is 3.74. The van der Waals surface area contributed by atoms with Gasteiger partial charge in [-0.05, 0) is 13.0 Å². The molecule has 0 aliphatic carbocycles. The van der Waals surface area contributed by atoms with Crippen LogP contribution in [0.4, 0.5) is 0 Å². The fourth-order valence-corrected chi connectivity index (χ4v) is 1.60. The van der Waals surface area contributed by atoms with E-state index in [2.05, 4.69) is 5.10 Å². The van der Waals surface area contributed by atoms with Gasteiger partial charge in [-0.15, -0.1) is 0 Å². The molecular formula is C10H10ClN3O. The van der Waals surface area contributed by atoms with Gasteiger partial charge in [-0.2, -0.15) is 9.83 Å². The van der Waals surface area contributed by atoms with Gasteiger partial charge in [0.25, 0.3) is 0 Å². The Kier molecular flexibility index (Phi) is 2.36. The van der Waals surface area contributed by atoms with Gasteiger partial charge < -0.3 is 5.21 Å². The summed E-state index contributed by atoms with van der Waals surface area (Å²) in [5.41, 5.74) is 1.88. The van der Waals surface area contributed by atoms with Crippen LogP contribution >= 0.6 is 11.6 Å². The molecule has 2 aromatic rings. The fourth-order valence-electron chi connectivity index (χ4n) is 1.46. The minimum absolute atomic E-state index is 0.503. The monoisotopic (exact) mass is 223 g/mol. The molecule has 0 radical (unpaired) electrons.